The number of ether oxygens (including phenoxy) is 1. The zero-order valence-electron chi connectivity index (χ0n) is 15.9. The molecule has 1 aromatic carbocycles. The number of nitrogens with zero attached hydrogens (tertiary/aromatic N) is 3. The molecule has 142 valence electrons. The third-order valence-corrected chi connectivity index (χ3v) is 3.44. The van der Waals surface area contributed by atoms with Gasteiger partial charge >= 0.3 is 0 Å². The maximum Gasteiger partial charge on any atom is 0.223 e. The quantitative estimate of drug-likeness (QED) is 0.367. The number of halogens is 1. The number of hydrogen-bond acceptors (Lipinski definition) is 3. The first-order valence-corrected chi connectivity index (χ1v) is 8.39. The second-order valence-electron chi connectivity index (χ2n) is 5.71. The van der Waals surface area contributed by atoms with E-state index in [4.69, 9.17) is 4.74 Å². The fraction of sp³-hybridized carbons (Fsp3) is 0.556. The summed E-state index contributed by atoms with van der Waals surface area (Å²) in [4.78, 5) is 19.8. The van der Waals surface area contributed by atoms with Crippen molar-refractivity contribution in [2.75, 3.05) is 40.8 Å². The molecule has 6 nitrogen and oxygen atoms in total. The van der Waals surface area contributed by atoms with E-state index < -0.39 is 0 Å². The van der Waals surface area contributed by atoms with Crippen molar-refractivity contribution >= 4 is 35.8 Å². The van der Waals surface area contributed by atoms with Gasteiger partial charge in [0.25, 0.3) is 0 Å². The minimum atomic E-state index is 0. The van der Waals surface area contributed by atoms with Crippen molar-refractivity contribution in [3.05, 3.63) is 29.8 Å². The average molecular weight is 462 g/mol. The highest BCUT2D eigenvalue weighted by atomic mass is 127. The van der Waals surface area contributed by atoms with Gasteiger partial charge in [-0.25, -0.2) is 0 Å². The smallest absolute Gasteiger partial charge is 0.223 e. The number of amides is 1. The summed E-state index contributed by atoms with van der Waals surface area (Å²) in [6.45, 7) is 6.68. The Morgan fingerprint density at radius 2 is 1.80 bits per heavy atom. The first-order valence-electron chi connectivity index (χ1n) is 8.39. The number of rotatable bonds is 8. The van der Waals surface area contributed by atoms with Gasteiger partial charge < -0.3 is 19.9 Å². The number of aliphatic imine (C=N–C) groups is 1. The molecule has 0 aliphatic carbocycles. The fourth-order valence-corrected chi connectivity index (χ4v) is 2.16. The molecule has 0 radical (unpaired) electrons. The molecule has 0 unspecified atom stereocenters. The molecular weight excluding hydrogens is 431 g/mol. The Hall–Kier alpha value is -1.51. The van der Waals surface area contributed by atoms with Crippen LogP contribution in [-0.2, 0) is 11.3 Å². The molecule has 1 aromatic rings. The number of carbonyl (C=O) groups excluding carboxylic acids is 1. The standard InChI is InChI=1S/C18H30N4O2.HI/c1-6-19-18(20-13-12-17(23)21(3)4)22(5)14-15-8-10-16(11-9-15)24-7-2;/h8-11H,6-7,12-14H2,1-5H3,(H,19,20);1H. The van der Waals surface area contributed by atoms with Gasteiger partial charge in [0.2, 0.25) is 5.91 Å². The van der Waals surface area contributed by atoms with E-state index >= 15 is 0 Å². The van der Waals surface area contributed by atoms with Gasteiger partial charge in [-0.1, -0.05) is 12.1 Å². The van der Waals surface area contributed by atoms with Crippen molar-refractivity contribution in [3.63, 3.8) is 0 Å². The summed E-state index contributed by atoms with van der Waals surface area (Å²) in [5, 5.41) is 3.26. The van der Waals surface area contributed by atoms with Gasteiger partial charge in [-0.2, -0.15) is 0 Å². The van der Waals surface area contributed by atoms with E-state index in [2.05, 4.69) is 27.3 Å². The topological polar surface area (TPSA) is 57.2 Å². The van der Waals surface area contributed by atoms with Crippen LogP contribution in [-0.4, -0.2) is 62.5 Å². The van der Waals surface area contributed by atoms with E-state index in [0.29, 0.717) is 19.6 Å². The van der Waals surface area contributed by atoms with Gasteiger partial charge in [0.05, 0.1) is 13.2 Å². The third-order valence-electron chi connectivity index (χ3n) is 3.44. The van der Waals surface area contributed by atoms with E-state index in [1.165, 1.54) is 5.56 Å². The van der Waals surface area contributed by atoms with E-state index in [1.807, 2.05) is 33.0 Å². The summed E-state index contributed by atoms with van der Waals surface area (Å²) in [6.07, 6.45) is 0.415. The van der Waals surface area contributed by atoms with Crippen LogP contribution in [0.2, 0.25) is 0 Å². The zero-order valence-corrected chi connectivity index (χ0v) is 18.2. The van der Waals surface area contributed by atoms with Crippen LogP contribution in [0.1, 0.15) is 25.8 Å². The second kappa shape index (κ2) is 12.8. The van der Waals surface area contributed by atoms with Crippen molar-refractivity contribution in [1.29, 1.82) is 0 Å². The Kier molecular flexibility index (Phi) is 12.0. The van der Waals surface area contributed by atoms with Crippen molar-refractivity contribution in [3.8, 4) is 5.75 Å². The normalized spacial score (nSPS) is 10.7. The van der Waals surface area contributed by atoms with E-state index in [-0.39, 0.29) is 29.9 Å². The van der Waals surface area contributed by atoms with Crippen LogP contribution in [0.25, 0.3) is 0 Å². The van der Waals surface area contributed by atoms with Crippen molar-refractivity contribution < 1.29 is 9.53 Å². The molecule has 0 saturated heterocycles. The fourth-order valence-electron chi connectivity index (χ4n) is 2.16. The number of carbonyl (C=O) groups is 1. The second-order valence-corrected chi connectivity index (χ2v) is 5.71. The first kappa shape index (κ1) is 23.5. The van der Waals surface area contributed by atoms with Crippen LogP contribution in [0.15, 0.2) is 29.3 Å². The molecule has 0 atom stereocenters. The highest BCUT2D eigenvalue weighted by Gasteiger charge is 2.08. The lowest BCUT2D eigenvalue weighted by molar-refractivity contribution is -0.128. The van der Waals surface area contributed by atoms with Crippen molar-refractivity contribution in [2.45, 2.75) is 26.8 Å². The van der Waals surface area contributed by atoms with Crippen LogP contribution in [0.3, 0.4) is 0 Å². The molecule has 1 N–H and O–H groups in total. The minimum Gasteiger partial charge on any atom is -0.494 e. The van der Waals surface area contributed by atoms with Gasteiger partial charge in [0, 0.05) is 40.7 Å². The van der Waals surface area contributed by atoms with Gasteiger partial charge in [0.15, 0.2) is 5.96 Å². The summed E-state index contributed by atoms with van der Waals surface area (Å²) in [5.41, 5.74) is 1.18. The first-order chi connectivity index (χ1) is 11.5. The molecule has 0 heterocycles. The van der Waals surface area contributed by atoms with Gasteiger partial charge in [-0.05, 0) is 31.5 Å². The Labute approximate surface area is 168 Å². The Morgan fingerprint density at radius 1 is 1.16 bits per heavy atom. The molecule has 0 aliphatic rings. The summed E-state index contributed by atoms with van der Waals surface area (Å²) in [5.74, 6) is 1.77. The summed E-state index contributed by atoms with van der Waals surface area (Å²) < 4.78 is 5.46. The van der Waals surface area contributed by atoms with Crippen LogP contribution in [0, 0.1) is 0 Å². The summed E-state index contributed by atoms with van der Waals surface area (Å²) in [7, 11) is 5.51. The van der Waals surface area contributed by atoms with Crippen LogP contribution in [0.5, 0.6) is 5.75 Å². The molecule has 7 heteroatoms. The molecule has 0 aromatic heterocycles. The maximum absolute atomic E-state index is 11.6. The SMILES string of the molecule is CCNC(=NCCC(=O)N(C)C)N(C)Cc1ccc(OCC)cc1.I. The highest BCUT2D eigenvalue weighted by Crippen LogP contribution is 2.13. The predicted molar refractivity (Wildman–Crippen MR) is 114 cm³/mol. The molecule has 1 rings (SSSR count). The lowest BCUT2D eigenvalue weighted by Crippen LogP contribution is -2.38. The molecule has 0 aliphatic heterocycles. The monoisotopic (exact) mass is 462 g/mol. The third kappa shape index (κ3) is 8.94. The summed E-state index contributed by atoms with van der Waals surface area (Å²) in [6, 6.07) is 8.07. The Bertz CT molecular complexity index is 532. The molecule has 0 fully saturated rings. The maximum atomic E-state index is 11.6. The zero-order chi connectivity index (χ0) is 17.9. The van der Waals surface area contributed by atoms with Gasteiger partial charge in [0.1, 0.15) is 5.75 Å². The lowest BCUT2D eigenvalue weighted by Gasteiger charge is -2.22. The molecule has 25 heavy (non-hydrogen) atoms. The molecule has 1 amide bonds. The lowest BCUT2D eigenvalue weighted by atomic mass is 10.2. The molecule has 0 bridgehead atoms. The Morgan fingerprint density at radius 3 is 2.32 bits per heavy atom. The predicted octanol–water partition coefficient (Wildman–Crippen LogP) is 2.58. The van der Waals surface area contributed by atoms with Crippen LogP contribution >= 0.6 is 24.0 Å². The van der Waals surface area contributed by atoms with Crippen molar-refractivity contribution in [1.82, 2.24) is 15.1 Å². The molecular formula is C18H31IN4O2. The number of benzene rings is 1. The average Bonchev–Trinajstić information content (AvgIpc) is 2.55. The number of guanidine groups is 1. The largest absolute Gasteiger partial charge is 0.494 e. The highest BCUT2D eigenvalue weighted by molar-refractivity contribution is 14.0. The van der Waals surface area contributed by atoms with E-state index in [0.717, 1.165) is 24.8 Å². The van der Waals surface area contributed by atoms with Gasteiger partial charge in [-0.3, -0.25) is 9.79 Å². The van der Waals surface area contributed by atoms with E-state index in [9.17, 15) is 4.79 Å². The number of nitrogens with one attached hydrogen (secondary N) is 1. The Balaban J connectivity index is 0.00000576. The molecule has 0 saturated carbocycles. The van der Waals surface area contributed by atoms with Gasteiger partial charge in [-0.15, -0.1) is 24.0 Å². The van der Waals surface area contributed by atoms with E-state index in [1.54, 1.807) is 19.0 Å². The van der Waals surface area contributed by atoms with Crippen LogP contribution in [0.4, 0.5) is 0 Å². The number of hydrogen-bond donors (Lipinski definition) is 1. The minimum absolute atomic E-state index is 0. The van der Waals surface area contributed by atoms with Crippen molar-refractivity contribution in [2.24, 2.45) is 4.99 Å². The van der Waals surface area contributed by atoms with Crippen LogP contribution < -0.4 is 10.1 Å². The molecule has 0 spiro atoms. The summed E-state index contributed by atoms with van der Waals surface area (Å²) >= 11 is 0.